The maximum absolute atomic E-state index is 12.9. The molecule has 2 N–H and O–H groups in total. The molecule has 2 aromatic rings. The fourth-order valence-corrected chi connectivity index (χ4v) is 3.09. The number of carbonyl (C=O) groups is 1. The number of aromatic nitrogens is 2. The summed E-state index contributed by atoms with van der Waals surface area (Å²) >= 11 is 0. The first-order chi connectivity index (χ1) is 12.7. The van der Waals surface area contributed by atoms with Gasteiger partial charge in [-0.25, -0.2) is 9.97 Å². The van der Waals surface area contributed by atoms with Gasteiger partial charge in [-0.15, -0.1) is 0 Å². The van der Waals surface area contributed by atoms with Crippen molar-refractivity contribution in [2.75, 3.05) is 23.3 Å². The molecule has 2 heterocycles. The summed E-state index contributed by atoms with van der Waals surface area (Å²) < 4.78 is 38.6. The van der Waals surface area contributed by atoms with Crippen LogP contribution in [0.4, 0.5) is 30.5 Å². The van der Waals surface area contributed by atoms with Crippen LogP contribution in [-0.2, 0) is 11.0 Å². The van der Waals surface area contributed by atoms with Crippen LogP contribution in [0.15, 0.2) is 30.3 Å². The number of rotatable bonds is 4. The smallest absolute Gasteiger partial charge is 0.416 e. The van der Waals surface area contributed by atoms with E-state index < -0.39 is 23.6 Å². The molecule has 1 aliphatic heterocycles. The quantitative estimate of drug-likeness (QED) is 0.839. The van der Waals surface area contributed by atoms with Gasteiger partial charge in [-0.3, -0.25) is 4.79 Å². The number of aliphatic carboxylic acids is 1. The Morgan fingerprint density at radius 2 is 2.07 bits per heavy atom. The summed E-state index contributed by atoms with van der Waals surface area (Å²) in [6.07, 6.45) is -3.08. The molecule has 1 fully saturated rings. The highest BCUT2D eigenvalue weighted by atomic mass is 19.4. The highest BCUT2D eigenvalue weighted by molar-refractivity contribution is 5.71. The second-order valence-electron chi connectivity index (χ2n) is 6.49. The normalized spacial score (nSPS) is 17.6. The Kier molecular flexibility index (Phi) is 5.20. The van der Waals surface area contributed by atoms with E-state index in [9.17, 15) is 23.1 Å². The lowest BCUT2D eigenvalue weighted by Gasteiger charge is -2.31. The van der Waals surface area contributed by atoms with Gasteiger partial charge < -0.3 is 15.3 Å². The summed E-state index contributed by atoms with van der Waals surface area (Å²) in [5, 5.41) is 12.1. The first-order valence-corrected chi connectivity index (χ1v) is 8.50. The number of piperidine rings is 1. The Hall–Kier alpha value is -2.84. The summed E-state index contributed by atoms with van der Waals surface area (Å²) in [6, 6.07) is 6.48. The predicted octanol–water partition coefficient (Wildman–Crippen LogP) is 3.85. The molecule has 0 amide bonds. The fraction of sp³-hybridized carbons (Fsp3) is 0.389. The monoisotopic (exact) mass is 380 g/mol. The first kappa shape index (κ1) is 18.9. The zero-order valence-electron chi connectivity index (χ0n) is 14.6. The zero-order chi connectivity index (χ0) is 19.6. The Morgan fingerprint density at radius 1 is 1.30 bits per heavy atom. The average Bonchev–Trinajstić information content (AvgIpc) is 2.61. The molecule has 0 aliphatic carbocycles. The van der Waals surface area contributed by atoms with Gasteiger partial charge in [0.25, 0.3) is 0 Å². The molecule has 1 aromatic heterocycles. The van der Waals surface area contributed by atoms with Crippen molar-refractivity contribution in [1.29, 1.82) is 0 Å². The summed E-state index contributed by atoms with van der Waals surface area (Å²) in [6.45, 7) is 2.69. The number of hydrogen-bond donors (Lipinski definition) is 2. The number of carboxylic acids is 1. The molecule has 0 bridgehead atoms. The van der Waals surface area contributed by atoms with Gasteiger partial charge in [0.2, 0.25) is 0 Å². The number of hydrogen-bond acceptors (Lipinski definition) is 5. The van der Waals surface area contributed by atoms with Gasteiger partial charge in [0, 0.05) is 24.8 Å². The van der Waals surface area contributed by atoms with E-state index in [-0.39, 0.29) is 5.69 Å². The van der Waals surface area contributed by atoms with Crippen molar-refractivity contribution in [3.63, 3.8) is 0 Å². The van der Waals surface area contributed by atoms with E-state index in [4.69, 9.17) is 0 Å². The number of halogens is 3. The third-order valence-electron chi connectivity index (χ3n) is 4.38. The van der Waals surface area contributed by atoms with Crippen LogP contribution in [0, 0.1) is 12.8 Å². The third-order valence-corrected chi connectivity index (χ3v) is 4.38. The standard InChI is InChI=1S/C18H19F3N4O2/c1-11-22-15(24-14-6-2-5-13(8-14)18(19,20)21)9-16(23-11)25-7-3-4-12(10-25)17(26)27/h2,5-6,8-9,12H,3-4,7,10H2,1H3,(H,26,27)(H,22,23,24)/t12-/m0/s1. The lowest BCUT2D eigenvalue weighted by atomic mass is 9.98. The van der Waals surface area contributed by atoms with E-state index in [0.29, 0.717) is 37.0 Å². The van der Waals surface area contributed by atoms with Gasteiger partial charge in [0.15, 0.2) is 0 Å². The van der Waals surface area contributed by atoms with E-state index in [2.05, 4.69) is 15.3 Å². The molecule has 1 aromatic carbocycles. The van der Waals surface area contributed by atoms with Gasteiger partial charge in [-0.2, -0.15) is 13.2 Å². The third kappa shape index (κ3) is 4.66. The van der Waals surface area contributed by atoms with Gasteiger partial charge in [0.1, 0.15) is 17.5 Å². The maximum Gasteiger partial charge on any atom is 0.416 e. The Labute approximate surface area is 154 Å². The van der Waals surface area contributed by atoms with Crippen molar-refractivity contribution in [1.82, 2.24) is 9.97 Å². The van der Waals surface area contributed by atoms with Crippen molar-refractivity contribution >= 4 is 23.3 Å². The SMILES string of the molecule is Cc1nc(Nc2cccc(C(F)(F)F)c2)cc(N2CCC[C@H](C(=O)O)C2)n1. The summed E-state index contributed by atoms with van der Waals surface area (Å²) in [4.78, 5) is 21.7. The fourth-order valence-electron chi connectivity index (χ4n) is 3.09. The van der Waals surface area contributed by atoms with E-state index >= 15 is 0 Å². The summed E-state index contributed by atoms with van der Waals surface area (Å²) in [5.74, 6) is 0.0540. The van der Waals surface area contributed by atoms with Crippen LogP contribution >= 0.6 is 0 Å². The van der Waals surface area contributed by atoms with Crippen LogP contribution in [0.5, 0.6) is 0 Å². The molecule has 6 nitrogen and oxygen atoms in total. The van der Waals surface area contributed by atoms with Crippen molar-refractivity contribution in [2.24, 2.45) is 5.92 Å². The van der Waals surface area contributed by atoms with Crippen molar-refractivity contribution in [3.05, 3.63) is 41.7 Å². The Bertz CT molecular complexity index is 842. The Morgan fingerprint density at radius 3 is 2.78 bits per heavy atom. The topological polar surface area (TPSA) is 78.4 Å². The lowest BCUT2D eigenvalue weighted by Crippen LogP contribution is -2.39. The molecule has 3 rings (SSSR count). The molecular weight excluding hydrogens is 361 g/mol. The van der Waals surface area contributed by atoms with Gasteiger partial charge in [-0.05, 0) is 38.0 Å². The van der Waals surface area contributed by atoms with E-state index in [0.717, 1.165) is 18.6 Å². The van der Waals surface area contributed by atoms with Crippen molar-refractivity contribution in [3.8, 4) is 0 Å². The molecule has 1 atom stereocenters. The minimum Gasteiger partial charge on any atom is -0.481 e. The molecule has 9 heteroatoms. The largest absolute Gasteiger partial charge is 0.481 e. The number of nitrogens with zero attached hydrogens (tertiary/aromatic N) is 3. The van der Waals surface area contributed by atoms with Crippen molar-refractivity contribution in [2.45, 2.75) is 25.9 Å². The molecule has 0 spiro atoms. The number of nitrogens with one attached hydrogen (secondary N) is 1. The van der Waals surface area contributed by atoms with Crippen LogP contribution in [0.25, 0.3) is 0 Å². The van der Waals surface area contributed by atoms with Crippen LogP contribution in [0.2, 0.25) is 0 Å². The Balaban J connectivity index is 1.83. The maximum atomic E-state index is 12.9. The minimum absolute atomic E-state index is 0.260. The van der Waals surface area contributed by atoms with E-state index in [1.807, 2.05) is 4.90 Å². The molecule has 27 heavy (non-hydrogen) atoms. The van der Waals surface area contributed by atoms with E-state index in [1.54, 1.807) is 13.0 Å². The van der Waals surface area contributed by atoms with Crippen LogP contribution in [0.1, 0.15) is 24.2 Å². The van der Waals surface area contributed by atoms with Crippen molar-refractivity contribution < 1.29 is 23.1 Å². The summed E-state index contributed by atoms with van der Waals surface area (Å²) in [7, 11) is 0. The van der Waals surface area contributed by atoms with Gasteiger partial charge in [0.05, 0.1) is 11.5 Å². The van der Waals surface area contributed by atoms with E-state index in [1.165, 1.54) is 12.1 Å². The minimum atomic E-state index is -4.43. The number of alkyl halides is 3. The second kappa shape index (κ2) is 7.42. The molecule has 1 saturated heterocycles. The highest BCUT2D eigenvalue weighted by Gasteiger charge is 2.30. The van der Waals surface area contributed by atoms with Crippen LogP contribution in [-0.4, -0.2) is 34.1 Å². The number of benzene rings is 1. The molecule has 0 radical (unpaired) electrons. The molecular formula is C18H19F3N4O2. The van der Waals surface area contributed by atoms with Gasteiger partial charge in [-0.1, -0.05) is 6.07 Å². The number of aryl methyl sites for hydroxylation is 1. The first-order valence-electron chi connectivity index (χ1n) is 8.50. The lowest BCUT2D eigenvalue weighted by molar-refractivity contribution is -0.142. The summed E-state index contributed by atoms with van der Waals surface area (Å²) in [5.41, 5.74) is -0.491. The predicted molar refractivity (Wildman–Crippen MR) is 94.1 cm³/mol. The van der Waals surface area contributed by atoms with Crippen LogP contribution < -0.4 is 10.2 Å². The molecule has 144 valence electrons. The number of carboxylic acid groups (broad SMARTS) is 1. The van der Waals surface area contributed by atoms with Gasteiger partial charge >= 0.3 is 12.1 Å². The second-order valence-corrected chi connectivity index (χ2v) is 6.49. The van der Waals surface area contributed by atoms with Crippen LogP contribution in [0.3, 0.4) is 0 Å². The average molecular weight is 380 g/mol. The molecule has 0 saturated carbocycles. The number of anilines is 3. The highest BCUT2D eigenvalue weighted by Crippen LogP contribution is 2.31. The molecule has 0 unspecified atom stereocenters. The zero-order valence-corrected chi connectivity index (χ0v) is 14.6. The molecule has 1 aliphatic rings.